The first-order valence-electron chi connectivity index (χ1n) is 11.3. The lowest BCUT2D eigenvalue weighted by Gasteiger charge is -2.60. The second-order valence-corrected chi connectivity index (χ2v) is 9.82. The monoisotopic (exact) mass is 416 g/mol. The number of rotatable bonds is 6. The molecule has 0 saturated heterocycles. The maximum atomic E-state index is 12.6. The van der Waals surface area contributed by atoms with Gasteiger partial charge in [-0.2, -0.15) is 0 Å². The van der Waals surface area contributed by atoms with E-state index in [1.165, 1.54) is 12.7 Å². The van der Waals surface area contributed by atoms with E-state index in [1.807, 2.05) is 26.8 Å². The number of allylic oxidation sites excluding steroid dienone is 3. The Hall–Kier alpha value is -1.84. The van der Waals surface area contributed by atoms with E-state index in [4.69, 9.17) is 9.47 Å². The number of carbonyl (C=O) groups excluding carboxylic acids is 2. The van der Waals surface area contributed by atoms with Crippen molar-refractivity contribution in [2.24, 2.45) is 22.7 Å². The lowest BCUT2D eigenvalue weighted by molar-refractivity contribution is -0.172. The van der Waals surface area contributed by atoms with Gasteiger partial charge in [-0.1, -0.05) is 44.1 Å². The fraction of sp³-hybridized carbons (Fsp3) is 0.692. The van der Waals surface area contributed by atoms with Crippen LogP contribution in [0.25, 0.3) is 0 Å². The number of ether oxygens (including phenoxy) is 2. The molecular formula is C26H40O4. The zero-order chi connectivity index (χ0) is 22.7. The van der Waals surface area contributed by atoms with Crippen LogP contribution in [0.15, 0.2) is 34.9 Å². The van der Waals surface area contributed by atoms with Gasteiger partial charge in [-0.05, 0) is 77.0 Å². The van der Waals surface area contributed by atoms with Crippen LogP contribution in [0.1, 0.15) is 80.6 Å². The molecule has 4 heteroatoms. The Bertz CT molecular complexity index is 759. The molecule has 0 heterocycles. The zero-order valence-electron chi connectivity index (χ0n) is 20.1. The number of carbonyl (C=O) groups is 2. The fourth-order valence-electron chi connectivity index (χ4n) is 5.66. The van der Waals surface area contributed by atoms with Crippen molar-refractivity contribution < 1.29 is 19.1 Å². The molecule has 4 nitrogen and oxygen atoms in total. The van der Waals surface area contributed by atoms with Crippen LogP contribution < -0.4 is 0 Å². The van der Waals surface area contributed by atoms with Gasteiger partial charge in [-0.15, -0.1) is 0 Å². The van der Waals surface area contributed by atoms with Crippen LogP contribution in [0.4, 0.5) is 0 Å². The molecule has 2 aliphatic carbocycles. The summed E-state index contributed by atoms with van der Waals surface area (Å²) in [4.78, 5) is 24.2. The maximum absolute atomic E-state index is 12.6. The first-order valence-corrected chi connectivity index (χ1v) is 11.3. The molecule has 0 aromatic heterocycles. The summed E-state index contributed by atoms with van der Waals surface area (Å²) in [6, 6.07) is 0. The molecule has 0 aromatic carbocycles. The van der Waals surface area contributed by atoms with Gasteiger partial charge >= 0.3 is 11.9 Å². The van der Waals surface area contributed by atoms with E-state index in [0.717, 1.165) is 37.7 Å². The lowest BCUT2D eigenvalue weighted by Crippen LogP contribution is -2.57. The number of esters is 2. The highest BCUT2D eigenvalue weighted by Gasteiger charge is 2.58. The average Bonchev–Trinajstić information content (AvgIpc) is 2.71. The fourth-order valence-corrected chi connectivity index (χ4v) is 5.66. The summed E-state index contributed by atoms with van der Waals surface area (Å²) in [6.45, 7) is 14.9. The van der Waals surface area contributed by atoms with Crippen molar-refractivity contribution in [2.45, 2.75) is 86.7 Å². The molecule has 5 unspecified atom stereocenters. The Morgan fingerprint density at radius 2 is 1.93 bits per heavy atom. The third-order valence-electron chi connectivity index (χ3n) is 8.27. The summed E-state index contributed by atoms with van der Waals surface area (Å²) >= 11 is 0. The quantitative estimate of drug-likeness (QED) is 0.295. The normalized spacial score (nSPS) is 34.7. The summed E-state index contributed by atoms with van der Waals surface area (Å²) in [5, 5.41) is 0. The van der Waals surface area contributed by atoms with Crippen LogP contribution in [0, 0.1) is 22.7 Å². The van der Waals surface area contributed by atoms with Crippen molar-refractivity contribution in [2.75, 3.05) is 7.11 Å². The third-order valence-corrected chi connectivity index (χ3v) is 8.27. The number of hydrogen-bond acceptors (Lipinski definition) is 4. The summed E-state index contributed by atoms with van der Waals surface area (Å²) in [5.74, 6) is 0.347. The second-order valence-electron chi connectivity index (χ2n) is 9.82. The minimum absolute atomic E-state index is 0.105. The topological polar surface area (TPSA) is 52.6 Å². The van der Waals surface area contributed by atoms with Crippen LogP contribution in [-0.2, 0) is 19.1 Å². The standard InChI is InChI=1S/C26H40O4/c1-9-18(3)24(28)30-22-16-20(5)25(6,14-13-17(2)15-23(27)29-8)21-12-10-11-19(4)26(21,22)7/h9,11,15,20-22H,10,12-14,16H2,1-8H3. The van der Waals surface area contributed by atoms with Gasteiger partial charge in [0.15, 0.2) is 0 Å². The molecule has 0 aliphatic heterocycles. The van der Waals surface area contributed by atoms with Gasteiger partial charge in [-0.25, -0.2) is 9.59 Å². The maximum Gasteiger partial charge on any atom is 0.333 e. The van der Waals surface area contributed by atoms with Crippen LogP contribution in [0.5, 0.6) is 0 Å². The molecule has 2 rings (SSSR count). The molecule has 168 valence electrons. The van der Waals surface area contributed by atoms with E-state index < -0.39 is 0 Å². The SMILES string of the molecule is CC=C(C)C(=O)OC1CC(C)C(C)(CCC(C)=CC(=O)OC)C2CCC=C(C)C12C. The van der Waals surface area contributed by atoms with E-state index >= 15 is 0 Å². The first kappa shape index (κ1) is 24.4. The van der Waals surface area contributed by atoms with Gasteiger partial charge in [0.2, 0.25) is 0 Å². The largest absolute Gasteiger partial charge is 0.466 e. The highest BCUT2D eigenvalue weighted by molar-refractivity contribution is 5.87. The predicted molar refractivity (Wildman–Crippen MR) is 121 cm³/mol. The Labute approximate surface area is 182 Å². The number of fused-ring (bicyclic) bond motifs is 1. The number of methoxy groups -OCH3 is 1. The highest BCUT2D eigenvalue weighted by atomic mass is 16.5. The molecule has 5 atom stereocenters. The molecule has 0 N–H and O–H groups in total. The van der Waals surface area contributed by atoms with Crippen molar-refractivity contribution in [3.05, 3.63) is 34.9 Å². The van der Waals surface area contributed by atoms with Crippen molar-refractivity contribution in [1.82, 2.24) is 0 Å². The van der Waals surface area contributed by atoms with Crippen LogP contribution in [0.3, 0.4) is 0 Å². The minimum Gasteiger partial charge on any atom is -0.466 e. The van der Waals surface area contributed by atoms with E-state index in [1.54, 1.807) is 6.08 Å². The van der Waals surface area contributed by atoms with Crippen molar-refractivity contribution in [1.29, 1.82) is 0 Å². The van der Waals surface area contributed by atoms with Gasteiger partial charge < -0.3 is 9.47 Å². The van der Waals surface area contributed by atoms with Crippen molar-refractivity contribution in [3.63, 3.8) is 0 Å². The molecule has 2 aliphatic rings. The van der Waals surface area contributed by atoms with E-state index in [-0.39, 0.29) is 28.9 Å². The van der Waals surface area contributed by atoms with E-state index in [2.05, 4.69) is 33.8 Å². The van der Waals surface area contributed by atoms with Crippen molar-refractivity contribution >= 4 is 11.9 Å². The molecule has 0 aromatic rings. The summed E-state index contributed by atoms with van der Waals surface area (Å²) in [5.41, 5.74) is 3.00. The molecule has 0 radical (unpaired) electrons. The van der Waals surface area contributed by atoms with Gasteiger partial charge in [0.1, 0.15) is 6.10 Å². The van der Waals surface area contributed by atoms with Crippen molar-refractivity contribution in [3.8, 4) is 0 Å². The summed E-state index contributed by atoms with van der Waals surface area (Å²) in [6.07, 6.45) is 10.5. The van der Waals surface area contributed by atoms with Gasteiger partial charge in [0, 0.05) is 17.1 Å². The molecule has 30 heavy (non-hydrogen) atoms. The Morgan fingerprint density at radius 3 is 2.53 bits per heavy atom. The lowest BCUT2D eigenvalue weighted by atomic mass is 9.46. The zero-order valence-corrected chi connectivity index (χ0v) is 20.1. The smallest absolute Gasteiger partial charge is 0.333 e. The number of hydrogen-bond donors (Lipinski definition) is 0. The molecule has 0 amide bonds. The Balaban J connectivity index is 2.34. The Morgan fingerprint density at radius 1 is 1.27 bits per heavy atom. The predicted octanol–water partition coefficient (Wildman–Crippen LogP) is 6.17. The van der Waals surface area contributed by atoms with Gasteiger partial charge in [0.05, 0.1) is 7.11 Å². The summed E-state index contributed by atoms with van der Waals surface area (Å²) in [7, 11) is 1.41. The average molecular weight is 417 g/mol. The van der Waals surface area contributed by atoms with Crippen LogP contribution in [0.2, 0.25) is 0 Å². The van der Waals surface area contributed by atoms with Gasteiger partial charge in [-0.3, -0.25) is 0 Å². The van der Waals surface area contributed by atoms with E-state index in [0.29, 0.717) is 17.4 Å². The van der Waals surface area contributed by atoms with Crippen LogP contribution in [-0.4, -0.2) is 25.2 Å². The summed E-state index contributed by atoms with van der Waals surface area (Å²) < 4.78 is 10.9. The second kappa shape index (κ2) is 9.53. The van der Waals surface area contributed by atoms with E-state index in [9.17, 15) is 9.59 Å². The van der Waals surface area contributed by atoms with Gasteiger partial charge in [0.25, 0.3) is 0 Å². The first-order chi connectivity index (χ1) is 14.0. The molecular weight excluding hydrogens is 376 g/mol. The Kier molecular flexibility index (Phi) is 7.76. The molecule has 0 bridgehead atoms. The third kappa shape index (κ3) is 4.58. The molecule has 1 saturated carbocycles. The van der Waals surface area contributed by atoms with Crippen LogP contribution >= 0.6 is 0 Å². The molecule has 0 spiro atoms. The highest BCUT2D eigenvalue weighted by Crippen LogP contribution is 2.62. The molecule has 1 fully saturated rings. The minimum atomic E-state index is -0.290.